The largest absolute Gasteiger partial charge is 0.353 e. The predicted octanol–water partition coefficient (Wildman–Crippen LogP) is 2.93. The highest BCUT2D eigenvalue weighted by Gasteiger charge is 2.11. The first-order chi connectivity index (χ1) is 10.1. The van der Waals surface area contributed by atoms with Crippen molar-refractivity contribution in [2.45, 2.75) is 31.5 Å². The van der Waals surface area contributed by atoms with Crippen LogP contribution in [0.4, 0.5) is 0 Å². The van der Waals surface area contributed by atoms with E-state index in [4.69, 9.17) is 11.6 Å². The van der Waals surface area contributed by atoms with Gasteiger partial charge in [0.05, 0.1) is 11.4 Å². The molecule has 0 spiro atoms. The summed E-state index contributed by atoms with van der Waals surface area (Å²) in [5.41, 5.74) is 0.873. The lowest BCUT2D eigenvalue weighted by Gasteiger charge is -2.11. The monoisotopic (exact) mass is 324 g/mol. The predicted molar refractivity (Wildman–Crippen MR) is 85.0 cm³/mol. The number of carbonyl (C=O) groups excluding carboxylic acids is 1. The number of aromatic nitrogens is 3. The highest BCUT2D eigenvalue weighted by atomic mass is 35.5. The SMILES string of the molecule is CC[C@H](C)NC(=O)CSc1nncn1-c1cccc(Cl)c1. The molecule has 2 aromatic rings. The Bertz CT molecular complexity index is 617. The second-order valence-electron chi connectivity index (χ2n) is 4.63. The van der Waals surface area contributed by atoms with E-state index in [9.17, 15) is 4.79 Å². The van der Waals surface area contributed by atoms with Crippen molar-refractivity contribution in [3.05, 3.63) is 35.6 Å². The topological polar surface area (TPSA) is 59.8 Å². The van der Waals surface area contributed by atoms with Gasteiger partial charge in [0.15, 0.2) is 5.16 Å². The number of nitrogens with zero attached hydrogens (tertiary/aromatic N) is 3. The van der Waals surface area contributed by atoms with Gasteiger partial charge in [-0.2, -0.15) is 0 Å². The maximum Gasteiger partial charge on any atom is 0.230 e. The lowest BCUT2D eigenvalue weighted by molar-refractivity contribution is -0.119. The zero-order valence-corrected chi connectivity index (χ0v) is 13.5. The van der Waals surface area contributed by atoms with Crippen LogP contribution in [0.25, 0.3) is 5.69 Å². The average Bonchev–Trinajstić information content (AvgIpc) is 2.93. The Kier molecular flexibility index (Phi) is 5.64. The van der Waals surface area contributed by atoms with Gasteiger partial charge in [-0.3, -0.25) is 9.36 Å². The van der Waals surface area contributed by atoms with Crippen LogP contribution < -0.4 is 5.32 Å². The van der Waals surface area contributed by atoms with Crippen molar-refractivity contribution in [3.8, 4) is 5.69 Å². The van der Waals surface area contributed by atoms with E-state index in [0.29, 0.717) is 15.9 Å². The zero-order valence-electron chi connectivity index (χ0n) is 11.9. The van der Waals surface area contributed by atoms with E-state index in [1.807, 2.05) is 42.7 Å². The maximum atomic E-state index is 11.8. The molecule has 1 aromatic heterocycles. The average molecular weight is 325 g/mol. The van der Waals surface area contributed by atoms with E-state index >= 15 is 0 Å². The first kappa shape index (κ1) is 15.9. The Morgan fingerprint density at radius 3 is 3.05 bits per heavy atom. The lowest BCUT2D eigenvalue weighted by Crippen LogP contribution is -2.33. The maximum absolute atomic E-state index is 11.8. The van der Waals surface area contributed by atoms with Crippen LogP contribution >= 0.6 is 23.4 Å². The van der Waals surface area contributed by atoms with Gasteiger partial charge in [-0.25, -0.2) is 0 Å². The third-order valence-electron chi connectivity index (χ3n) is 2.95. The summed E-state index contributed by atoms with van der Waals surface area (Å²) < 4.78 is 1.81. The Morgan fingerprint density at radius 1 is 1.52 bits per heavy atom. The van der Waals surface area contributed by atoms with Crippen molar-refractivity contribution < 1.29 is 4.79 Å². The van der Waals surface area contributed by atoms with Gasteiger partial charge in [0, 0.05) is 11.1 Å². The molecule has 7 heteroatoms. The summed E-state index contributed by atoms with van der Waals surface area (Å²) in [6.45, 7) is 4.02. The molecule has 1 amide bonds. The minimum atomic E-state index is -0.00464. The molecule has 112 valence electrons. The van der Waals surface area contributed by atoms with Gasteiger partial charge in [-0.05, 0) is 31.5 Å². The molecule has 1 atom stereocenters. The zero-order chi connectivity index (χ0) is 15.2. The van der Waals surface area contributed by atoms with Gasteiger partial charge in [0.1, 0.15) is 6.33 Å². The molecule has 2 rings (SSSR count). The molecule has 0 bridgehead atoms. The number of nitrogens with one attached hydrogen (secondary N) is 1. The Morgan fingerprint density at radius 2 is 2.33 bits per heavy atom. The summed E-state index contributed by atoms with van der Waals surface area (Å²) in [6.07, 6.45) is 2.52. The Hall–Kier alpha value is -1.53. The van der Waals surface area contributed by atoms with Crippen molar-refractivity contribution in [1.82, 2.24) is 20.1 Å². The second-order valence-corrected chi connectivity index (χ2v) is 6.01. The first-order valence-corrected chi connectivity index (χ1v) is 8.04. The fraction of sp³-hybridized carbons (Fsp3) is 0.357. The fourth-order valence-corrected chi connectivity index (χ4v) is 2.60. The van der Waals surface area contributed by atoms with Crippen molar-refractivity contribution in [2.75, 3.05) is 5.75 Å². The smallest absolute Gasteiger partial charge is 0.230 e. The van der Waals surface area contributed by atoms with Crippen LogP contribution in [0.1, 0.15) is 20.3 Å². The van der Waals surface area contributed by atoms with E-state index < -0.39 is 0 Å². The number of hydrogen-bond acceptors (Lipinski definition) is 4. The number of benzene rings is 1. The van der Waals surface area contributed by atoms with Gasteiger partial charge in [-0.1, -0.05) is 36.4 Å². The number of hydrogen-bond donors (Lipinski definition) is 1. The summed E-state index contributed by atoms with van der Waals surface area (Å²) in [4.78, 5) is 11.8. The highest BCUT2D eigenvalue weighted by molar-refractivity contribution is 7.99. The molecule has 0 fully saturated rings. The lowest BCUT2D eigenvalue weighted by atomic mass is 10.3. The molecule has 0 aliphatic carbocycles. The van der Waals surface area contributed by atoms with Crippen LogP contribution in [0.2, 0.25) is 5.02 Å². The van der Waals surface area contributed by atoms with E-state index in [1.54, 1.807) is 6.33 Å². The third-order valence-corrected chi connectivity index (χ3v) is 4.13. The van der Waals surface area contributed by atoms with Crippen LogP contribution in [0.15, 0.2) is 35.7 Å². The molecule has 1 N–H and O–H groups in total. The molecule has 0 saturated carbocycles. The molecule has 0 unspecified atom stereocenters. The van der Waals surface area contributed by atoms with Crippen LogP contribution in [0.5, 0.6) is 0 Å². The van der Waals surface area contributed by atoms with Crippen LogP contribution in [-0.4, -0.2) is 32.5 Å². The van der Waals surface area contributed by atoms with Crippen LogP contribution in [-0.2, 0) is 4.79 Å². The van der Waals surface area contributed by atoms with Crippen LogP contribution in [0, 0.1) is 0 Å². The number of thioether (sulfide) groups is 1. The van der Waals surface area contributed by atoms with E-state index in [0.717, 1.165) is 12.1 Å². The van der Waals surface area contributed by atoms with Crippen molar-refractivity contribution >= 4 is 29.3 Å². The summed E-state index contributed by atoms with van der Waals surface area (Å²) in [5.74, 6) is 0.304. The molecule has 1 heterocycles. The summed E-state index contributed by atoms with van der Waals surface area (Å²) >= 11 is 7.34. The first-order valence-electron chi connectivity index (χ1n) is 6.68. The van der Waals surface area contributed by atoms with Gasteiger partial charge in [-0.15, -0.1) is 10.2 Å². The van der Waals surface area contributed by atoms with Gasteiger partial charge >= 0.3 is 0 Å². The molecule has 0 aliphatic heterocycles. The minimum Gasteiger partial charge on any atom is -0.353 e. The van der Waals surface area contributed by atoms with Gasteiger partial charge in [0.2, 0.25) is 5.91 Å². The Labute approximate surface area is 133 Å². The molecule has 0 radical (unpaired) electrons. The number of amides is 1. The molecular weight excluding hydrogens is 308 g/mol. The molecule has 5 nitrogen and oxygen atoms in total. The van der Waals surface area contributed by atoms with Crippen molar-refractivity contribution in [1.29, 1.82) is 0 Å². The number of halogens is 1. The quantitative estimate of drug-likeness (QED) is 0.830. The van der Waals surface area contributed by atoms with E-state index in [2.05, 4.69) is 15.5 Å². The third kappa shape index (κ3) is 4.47. The number of rotatable bonds is 6. The summed E-state index contributed by atoms with van der Waals surface area (Å²) in [7, 11) is 0. The normalized spacial score (nSPS) is 12.1. The standard InChI is InChI=1S/C14H17ClN4OS/c1-3-10(2)17-13(20)8-21-14-18-16-9-19(14)12-6-4-5-11(15)7-12/h4-7,9-10H,3,8H2,1-2H3,(H,17,20)/t10-/m0/s1. The molecular formula is C14H17ClN4OS. The van der Waals surface area contributed by atoms with E-state index in [1.165, 1.54) is 11.8 Å². The minimum absolute atomic E-state index is 0.00464. The summed E-state index contributed by atoms with van der Waals surface area (Å²) in [5, 5.41) is 12.2. The molecule has 1 aromatic carbocycles. The molecule has 0 saturated heterocycles. The Balaban J connectivity index is 2.03. The van der Waals surface area contributed by atoms with Crippen molar-refractivity contribution in [2.24, 2.45) is 0 Å². The summed E-state index contributed by atoms with van der Waals surface area (Å²) in [6, 6.07) is 7.60. The second kappa shape index (κ2) is 7.47. The fourth-order valence-electron chi connectivity index (χ4n) is 1.67. The van der Waals surface area contributed by atoms with Gasteiger partial charge in [0.25, 0.3) is 0 Å². The van der Waals surface area contributed by atoms with Crippen LogP contribution in [0.3, 0.4) is 0 Å². The highest BCUT2D eigenvalue weighted by Crippen LogP contribution is 2.21. The number of carbonyl (C=O) groups is 1. The van der Waals surface area contributed by atoms with E-state index in [-0.39, 0.29) is 11.9 Å². The molecule has 21 heavy (non-hydrogen) atoms. The molecule has 0 aliphatic rings. The van der Waals surface area contributed by atoms with Crippen molar-refractivity contribution in [3.63, 3.8) is 0 Å². The van der Waals surface area contributed by atoms with Gasteiger partial charge < -0.3 is 5.32 Å².